The number of benzene rings is 1. The number of H-pyrrole nitrogens is 2. The summed E-state index contributed by atoms with van der Waals surface area (Å²) in [7, 11) is 0. The van der Waals surface area contributed by atoms with Crippen molar-refractivity contribution in [1.82, 2.24) is 35.1 Å². The lowest BCUT2D eigenvalue weighted by Gasteiger charge is -2.07. The number of rotatable bonds is 6. The Morgan fingerprint density at radius 1 is 0.775 bits per heavy atom. The van der Waals surface area contributed by atoms with Crippen LogP contribution in [0.15, 0.2) is 104 Å². The predicted molar refractivity (Wildman–Crippen MR) is 154 cm³/mol. The van der Waals surface area contributed by atoms with E-state index in [0.29, 0.717) is 17.8 Å². The second-order valence-corrected chi connectivity index (χ2v) is 9.38. The molecule has 0 aliphatic carbocycles. The summed E-state index contributed by atoms with van der Waals surface area (Å²) >= 11 is 0. The SMILES string of the molecule is O=C(Cc1ccccc1)Nc1cncc(-c2cnc3[nH]nc(-c4cc5c(-c6ccccn6)ccnc5[nH]4)c3c2)c1. The topological polar surface area (TPSA) is 125 Å². The zero-order valence-electron chi connectivity index (χ0n) is 21.2. The molecule has 40 heavy (non-hydrogen) atoms. The lowest BCUT2D eigenvalue weighted by molar-refractivity contribution is -0.115. The average Bonchev–Trinajstić information content (AvgIpc) is 3.62. The van der Waals surface area contributed by atoms with E-state index in [9.17, 15) is 4.79 Å². The van der Waals surface area contributed by atoms with Gasteiger partial charge in [-0.1, -0.05) is 36.4 Å². The van der Waals surface area contributed by atoms with E-state index in [4.69, 9.17) is 0 Å². The van der Waals surface area contributed by atoms with Gasteiger partial charge in [0.1, 0.15) is 11.3 Å². The number of aromatic amines is 2. The summed E-state index contributed by atoms with van der Waals surface area (Å²) in [4.78, 5) is 34.0. The Kier molecular flexibility index (Phi) is 5.78. The molecule has 0 aliphatic rings. The van der Waals surface area contributed by atoms with Crippen LogP contribution in [0.4, 0.5) is 5.69 Å². The molecule has 0 bridgehead atoms. The number of nitrogens with one attached hydrogen (secondary N) is 3. The molecule has 1 aromatic carbocycles. The first-order chi connectivity index (χ1) is 19.7. The highest BCUT2D eigenvalue weighted by Gasteiger charge is 2.16. The van der Waals surface area contributed by atoms with Gasteiger partial charge in [-0.05, 0) is 42.0 Å². The van der Waals surface area contributed by atoms with Crippen LogP contribution in [0.1, 0.15) is 5.56 Å². The van der Waals surface area contributed by atoms with Gasteiger partial charge in [0, 0.05) is 52.3 Å². The first-order valence-corrected chi connectivity index (χ1v) is 12.7. The van der Waals surface area contributed by atoms with Gasteiger partial charge in [-0.25, -0.2) is 9.97 Å². The number of amides is 1. The van der Waals surface area contributed by atoms with Crippen molar-refractivity contribution >= 4 is 33.7 Å². The summed E-state index contributed by atoms with van der Waals surface area (Å²) in [6.45, 7) is 0. The minimum absolute atomic E-state index is 0.103. The molecule has 7 rings (SSSR count). The van der Waals surface area contributed by atoms with Gasteiger partial charge in [0.15, 0.2) is 5.65 Å². The van der Waals surface area contributed by atoms with Gasteiger partial charge in [-0.3, -0.25) is 19.9 Å². The fraction of sp³-hybridized carbons (Fsp3) is 0.0323. The third kappa shape index (κ3) is 4.45. The molecule has 9 nitrogen and oxygen atoms in total. The molecule has 0 spiro atoms. The number of carbonyl (C=O) groups excluding carboxylic acids is 1. The van der Waals surface area contributed by atoms with Crippen LogP contribution in [0.5, 0.6) is 0 Å². The molecule has 192 valence electrons. The third-order valence-corrected chi connectivity index (χ3v) is 6.71. The number of fused-ring (bicyclic) bond motifs is 2. The number of hydrogen-bond acceptors (Lipinski definition) is 6. The van der Waals surface area contributed by atoms with Gasteiger partial charge in [-0.2, -0.15) is 5.10 Å². The molecule has 7 aromatic rings. The van der Waals surface area contributed by atoms with E-state index in [1.807, 2.05) is 72.8 Å². The van der Waals surface area contributed by atoms with E-state index in [-0.39, 0.29) is 5.91 Å². The van der Waals surface area contributed by atoms with Crippen LogP contribution in [0, 0.1) is 0 Å². The second kappa shape index (κ2) is 9.88. The molecule has 1 amide bonds. The van der Waals surface area contributed by atoms with E-state index >= 15 is 0 Å². The smallest absolute Gasteiger partial charge is 0.228 e. The minimum atomic E-state index is -0.103. The number of pyridine rings is 4. The minimum Gasteiger partial charge on any atom is -0.338 e. The van der Waals surface area contributed by atoms with Gasteiger partial charge in [0.25, 0.3) is 0 Å². The first kappa shape index (κ1) is 23.4. The van der Waals surface area contributed by atoms with Crippen molar-refractivity contribution in [1.29, 1.82) is 0 Å². The second-order valence-electron chi connectivity index (χ2n) is 9.38. The molecule has 0 radical (unpaired) electrons. The maximum Gasteiger partial charge on any atom is 0.228 e. The summed E-state index contributed by atoms with van der Waals surface area (Å²) < 4.78 is 0. The summed E-state index contributed by atoms with van der Waals surface area (Å²) in [5.74, 6) is -0.103. The maximum atomic E-state index is 12.6. The summed E-state index contributed by atoms with van der Waals surface area (Å²) in [5.41, 5.74) is 8.08. The van der Waals surface area contributed by atoms with Crippen LogP contribution in [0.25, 0.3) is 55.8 Å². The van der Waals surface area contributed by atoms with Crippen LogP contribution >= 0.6 is 0 Å². The van der Waals surface area contributed by atoms with E-state index in [1.54, 1.807) is 31.0 Å². The fourth-order valence-corrected chi connectivity index (χ4v) is 4.82. The maximum absolute atomic E-state index is 12.6. The molecule has 6 aromatic heterocycles. The van der Waals surface area contributed by atoms with Gasteiger partial charge < -0.3 is 10.3 Å². The number of anilines is 1. The van der Waals surface area contributed by atoms with E-state index < -0.39 is 0 Å². The summed E-state index contributed by atoms with van der Waals surface area (Å²) in [5, 5.41) is 12.3. The third-order valence-electron chi connectivity index (χ3n) is 6.71. The van der Waals surface area contributed by atoms with Gasteiger partial charge in [-0.15, -0.1) is 0 Å². The number of nitrogens with zero attached hydrogens (tertiary/aromatic N) is 5. The predicted octanol–water partition coefficient (Wildman–Crippen LogP) is 5.81. The zero-order valence-corrected chi connectivity index (χ0v) is 21.2. The summed E-state index contributed by atoms with van der Waals surface area (Å²) in [6.07, 6.45) is 9.00. The monoisotopic (exact) mass is 522 g/mol. The fourth-order valence-electron chi connectivity index (χ4n) is 4.82. The molecule has 0 saturated heterocycles. The molecule has 0 unspecified atom stereocenters. The molecule has 3 N–H and O–H groups in total. The largest absolute Gasteiger partial charge is 0.338 e. The van der Waals surface area contributed by atoms with Crippen molar-refractivity contribution in [3.63, 3.8) is 0 Å². The molecule has 0 fully saturated rings. The van der Waals surface area contributed by atoms with E-state index in [2.05, 4.69) is 40.4 Å². The Morgan fingerprint density at radius 3 is 2.52 bits per heavy atom. The Bertz CT molecular complexity index is 1980. The average molecular weight is 523 g/mol. The highest BCUT2D eigenvalue weighted by atomic mass is 16.1. The Labute approximate surface area is 228 Å². The van der Waals surface area contributed by atoms with Crippen molar-refractivity contribution in [3.8, 4) is 33.8 Å². The van der Waals surface area contributed by atoms with Crippen LogP contribution in [-0.2, 0) is 11.2 Å². The molecular formula is C31H22N8O. The Morgan fingerprint density at radius 2 is 1.65 bits per heavy atom. The van der Waals surface area contributed by atoms with Gasteiger partial charge >= 0.3 is 0 Å². The van der Waals surface area contributed by atoms with Crippen molar-refractivity contribution < 1.29 is 4.79 Å². The van der Waals surface area contributed by atoms with Crippen LogP contribution < -0.4 is 5.32 Å². The number of hydrogen-bond donors (Lipinski definition) is 3. The van der Waals surface area contributed by atoms with Crippen molar-refractivity contribution in [3.05, 3.63) is 109 Å². The standard InChI is InChI=1S/C31H22N8O/c40-28(12-19-6-2-1-3-7-19)36-22-13-20(16-32-18-22)21-14-25-29(38-39-31(25)35-17-21)27-15-24-23(9-11-34-30(24)37-27)26-8-4-5-10-33-26/h1-11,13-18H,12H2,(H,34,37)(H,36,40)(H,35,38,39). The normalized spacial score (nSPS) is 11.2. The van der Waals surface area contributed by atoms with Gasteiger partial charge in [0.2, 0.25) is 5.91 Å². The lowest BCUT2D eigenvalue weighted by Crippen LogP contribution is -2.14. The quantitative estimate of drug-likeness (QED) is 0.253. The Hall–Kier alpha value is -5.70. The van der Waals surface area contributed by atoms with Gasteiger partial charge in [0.05, 0.1) is 29.7 Å². The zero-order chi connectivity index (χ0) is 26.9. The van der Waals surface area contributed by atoms with Crippen molar-refractivity contribution in [2.24, 2.45) is 0 Å². The molecule has 6 heterocycles. The van der Waals surface area contributed by atoms with Crippen molar-refractivity contribution in [2.45, 2.75) is 6.42 Å². The number of aromatic nitrogens is 7. The van der Waals surface area contributed by atoms with Crippen molar-refractivity contribution in [2.75, 3.05) is 5.32 Å². The molecular weight excluding hydrogens is 500 g/mol. The van der Waals surface area contributed by atoms with Crippen LogP contribution in [-0.4, -0.2) is 41.0 Å². The van der Waals surface area contributed by atoms with E-state index in [1.165, 1.54) is 0 Å². The van der Waals surface area contributed by atoms with Crippen LogP contribution in [0.2, 0.25) is 0 Å². The molecule has 0 saturated carbocycles. The Balaban J connectivity index is 1.21. The highest BCUT2D eigenvalue weighted by molar-refractivity contribution is 5.99. The highest BCUT2D eigenvalue weighted by Crippen LogP contribution is 2.33. The van der Waals surface area contributed by atoms with Crippen LogP contribution in [0.3, 0.4) is 0 Å². The number of carbonyl (C=O) groups is 1. The summed E-state index contributed by atoms with van der Waals surface area (Å²) in [6, 6.07) is 23.4. The first-order valence-electron chi connectivity index (χ1n) is 12.7. The lowest BCUT2D eigenvalue weighted by atomic mass is 10.1. The van der Waals surface area contributed by atoms with E-state index in [0.717, 1.165) is 55.8 Å². The molecule has 0 atom stereocenters. The molecule has 9 heteroatoms. The molecule has 0 aliphatic heterocycles.